The van der Waals surface area contributed by atoms with E-state index in [1.807, 2.05) is 0 Å². The number of rotatable bonds is 3. The van der Waals surface area contributed by atoms with Crippen molar-refractivity contribution in [3.05, 3.63) is 23.4 Å². The second kappa shape index (κ2) is 4.77. The first kappa shape index (κ1) is 10.0. The largest absolute Gasteiger partial charge is 0.272 e. The number of hydrogen-bond acceptors (Lipinski definition) is 1. The van der Waals surface area contributed by atoms with E-state index in [1.165, 1.54) is 19.2 Å². The minimum absolute atomic E-state index is 0.0439. The van der Waals surface area contributed by atoms with Gasteiger partial charge in [0, 0.05) is 6.20 Å². The molecule has 0 N–H and O–H groups in total. The number of nitrogens with zero attached hydrogens (tertiary/aromatic N) is 1. The van der Waals surface area contributed by atoms with Gasteiger partial charge in [-0.1, -0.05) is 6.08 Å². The molecule has 0 unspecified atom stereocenters. The van der Waals surface area contributed by atoms with Crippen LogP contribution in [0.1, 0.15) is 13.8 Å². The standard InChI is InChI=1S/C8H11F2N/c1-6(5-11-3)4-7(2)8(9)10/h4-5,8H,3H2,1-2H3/b6-5+,7-4+. The molecule has 11 heavy (non-hydrogen) atoms. The van der Waals surface area contributed by atoms with Gasteiger partial charge in [-0.2, -0.15) is 0 Å². The molecule has 1 nitrogen and oxygen atoms in total. The molecule has 0 saturated heterocycles. The SMILES string of the molecule is C=N/C=C(C)/C=C(\C)C(F)F. The molecule has 0 aromatic rings. The molecule has 0 fully saturated rings. The molecule has 0 aliphatic heterocycles. The molecule has 0 amide bonds. The average molecular weight is 159 g/mol. The molecular weight excluding hydrogens is 148 g/mol. The quantitative estimate of drug-likeness (QED) is 0.443. The van der Waals surface area contributed by atoms with Crippen molar-refractivity contribution in [2.24, 2.45) is 4.99 Å². The van der Waals surface area contributed by atoms with E-state index in [1.54, 1.807) is 6.92 Å². The van der Waals surface area contributed by atoms with Crippen molar-refractivity contribution in [1.82, 2.24) is 0 Å². The predicted molar refractivity (Wildman–Crippen MR) is 43.1 cm³/mol. The lowest BCUT2D eigenvalue weighted by molar-refractivity contribution is 0.190. The molecule has 0 spiro atoms. The van der Waals surface area contributed by atoms with Crippen LogP contribution in [0.3, 0.4) is 0 Å². The summed E-state index contributed by atoms with van der Waals surface area (Å²) in [4.78, 5) is 3.45. The fourth-order valence-corrected chi connectivity index (χ4v) is 0.603. The monoisotopic (exact) mass is 159 g/mol. The highest BCUT2D eigenvalue weighted by atomic mass is 19.3. The second-order valence-electron chi connectivity index (χ2n) is 2.24. The van der Waals surface area contributed by atoms with E-state index in [2.05, 4.69) is 11.7 Å². The topological polar surface area (TPSA) is 12.4 Å². The molecule has 0 radical (unpaired) electrons. The summed E-state index contributed by atoms with van der Waals surface area (Å²) in [5, 5.41) is 0. The number of hydrogen-bond donors (Lipinski definition) is 0. The summed E-state index contributed by atoms with van der Waals surface area (Å²) in [6.07, 6.45) is 0.439. The maximum atomic E-state index is 11.9. The van der Waals surface area contributed by atoms with Gasteiger partial charge in [0.1, 0.15) is 0 Å². The molecule has 0 saturated carbocycles. The third-order valence-electron chi connectivity index (χ3n) is 1.09. The highest BCUT2D eigenvalue weighted by Crippen LogP contribution is 2.10. The van der Waals surface area contributed by atoms with Crippen LogP contribution in [-0.2, 0) is 0 Å². The number of alkyl halides is 2. The van der Waals surface area contributed by atoms with E-state index in [9.17, 15) is 8.78 Å². The van der Waals surface area contributed by atoms with Gasteiger partial charge in [-0.05, 0) is 31.7 Å². The van der Waals surface area contributed by atoms with E-state index < -0.39 is 6.43 Å². The fraction of sp³-hybridized carbons (Fsp3) is 0.375. The lowest BCUT2D eigenvalue weighted by atomic mass is 10.2. The van der Waals surface area contributed by atoms with Crippen LogP contribution in [0.4, 0.5) is 8.78 Å². The Bertz CT molecular complexity index is 192. The van der Waals surface area contributed by atoms with Gasteiger partial charge in [-0.3, -0.25) is 4.99 Å². The van der Waals surface area contributed by atoms with Gasteiger partial charge in [-0.25, -0.2) is 8.78 Å². The summed E-state index contributed by atoms with van der Waals surface area (Å²) >= 11 is 0. The summed E-state index contributed by atoms with van der Waals surface area (Å²) in [7, 11) is 0. The van der Waals surface area contributed by atoms with E-state index in [-0.39, 0.29) is 5.57 Å². The summed E-state index contributed by atoms with van der Waals surface area (Å²) in [5.41, 5.74) is 0.722. The lowest BCUT2D eigenvalue weighted by Crippen LogP contribution is -1.91. The number of allylic oxidation sites excluding steroid dienone is 3. The molecule has 0 atom stereocenters. The number of halogens is 2. The Balaban J connectivity index is 4.30. The lowest BCUT2D eigenvalue weighted by Gasteiger charge is -1.97. The van der Waals surface area contributed by atoms with Gasteiger partial charge in [0.15, 0.2) is 0 Å². The molecule has 0 rings (SSSR count). The number of aliphatic imine (C=N–C) groups is 1. The highest BCUT2D eigenvalue weighted by molar-refractivity contribution is 5.29. The zero-order valence-electron chi connectivity index (χ0n) is 6.64. The van der Waals surface area contributed by atoms with Crippen molar-refractivity contribution < 1.29 is 8.78 Å². The van der Waals surface area contributed by atoms with Crippen molar-refractivity contribution in [2.75, 3.05) is 0 Å². The van der Waals surface area contributed by atoms with Gasteiger partial charge in [0.25, 0.3) is 6.43 Å². The second-order valence-corrected chi connectivity index (χ2v) is 2.24. The Morgan fingerprint density at radius 3 is 2.36 bits per heavy atom. The van der Waals surface area contributed by atoms with Crippen LogP contribution in [0.25, 0.3) is 0 Å². The van der Waals surface area contributed by atoms with Gasteiger partial charge in [-0.15, -0.1) is 0 Å². The summed E-state index contributed by atoms with van der Waals surface area (Å²) in [5.74, 6) is 0. The molecule has 3 heteroatoms. The van der Waals surface area contributed by atoms with Crippen molar-refractivity contribution in [3.63, 3.8) is 0 Å². The van der Waals surface area contributed by atoms with E-state index in [0.29, 0.717) is 5.57 Å². The third kappa shape index (κ3) is 4.42. The van der Waals surface area contributed by atoms with Crippen LogP contribution >= 0.6 is 0 Å². The first-order valence-electron chi connectivity index (χ1n) is 3.17. The van der Waals surface area contributed by atoms with Gasteiger partial charge in [0.2, 0.25) is 0 Å². The van der Waals surface area contributed by atoms with Crippen LogP contribution in [0.15, 0.2) is 28.4 Å². The summed E-state index contributed by atoms with van der Waals surface area (Å²) < 4.78 is 23.8. The Labute approximate surface area is 65.1 Å². The summed E-state index contributed by atoms with van der Waals surface area (Å²) in [6, 6.07) is 0. The van der Waals surface area contributed by atoms with Crippen LogP contribution in [0.5, 0.6) is 0 Å². The Morgan fingerprint density at radius 2 is 2.00 bits per heavy atom. The minimum atomic E-state index is -2.39. The molecule has 0 aromatic carbocycles. The maximum Gasteiger partial charge on any atom is 0.259 e. The molecule has 0 aromatic heterocycles. The minimum Gasteiger partial charge on any atom is -0.272 e. The molecular formula is C8H11F2N. The fourth-order valence-electron chi connectivity index (χ4n) is 0.603. The Morgan fingerprint density at radius 1 is 1.45 bits per heavy atom. The average Bonchev–Trinajstić information content (AvgIpc) is 1.87. The van der Waals surface area contributed by atoms with Crippen molar-refractivity contribution in [3.8, 4) is 0 Å². The molecule has 0 aliphatic rings. The van der Waals surface area contributed by atoms with Crippen LogP contribution < -0.4 is 0 Å². The van der Waals surface area contributed by atoms with Gasteiger partial charge in [0.05, 0.1) is 0 Å². The normalized spacial score (nSPS) is 13.9. The van der Waals surface area contributed by atoms with E-state index in [0.717, 1.165) is 0 Å². The summed E-state index contributed by atoms with van der Waals surface area (Å²) in [6.45, 7) is 6.28. The van der Waals surface area contributed by atoms with Crippen LogP contribution in [0, 0.1) is 0 Å². The van der Waals surface area contributed by atoms with Crippen molar-refractivity contribution in [2.45, 2.75) is 20.3 Å². The van der Waals surface area contributed by atoms with Crippen molar-refractivity contribution in [1.29, 1.82) is 0 Å². The molecule has 0 bridgehead atoms. The molecule has 0 aliphatic carbocycles. The first-order chi connectivity index (χ1) is 5.07. The van der Waals surface area contributed by atoms with Gasteiger partial charge >= 0.3 is 0 Å². The van der Waals surface area contributed by atoms with Crippen LogP contribution in [0.2, 0.25) is 0 Å². The van der Waals surface area contributed by atoms with E-state index >= 15 is 0 Å². The zero-order chi connectivity index (χ0) is 8.85. The smallest absolute Gasteiger partial charge is 0.259 e. The Hall–Kier alpha value is -0.990. The Kier molecular flexibility index (Phi) is 4.34. The third-order valence-corrected chi connectivity index (χ3v) is 1.09. The van der Waals surface area contributed by atoms with Crippen LogP contribution in [-0.4, -0.2) is 13.1 Å². The van der Waals surface area contributed by atoms with E-state index in [4.69, 9.17) is 0 Å². The molecule has 0 heterocycles. The highest BCUT2D eigenvalue weighted by Gasteiger charge is 2.03. The van der Waals surface area contributed by atoms with Crippen molar-refractivity contribution >= 4 is 6.72 Å². The maximum absolute atomic E-state index is 11.9. The van der Waals surface area contributed by atoms with Gasteiger partial charge < -0.3 is 0 Å². The predicted octanol–water partition coefficient (Wildman–Crippen LogP) is 2.80. The zero-order valence-corrected chi connectivity index (χ0v) is 6.64. The molecule has 62 valence electrons. The first-order valence-corrected chi connectivity index (χ1v) is 3.17.